The van der Waals surface area contributed by atoms with E-state index in [2.05, 4.69) is 10.6 Å². The Morgan fingerprint density at radius 1 is 1.10 bits per heavy atom. The Hall–Kier alpha value is -2.58. The minimum Gasteiger partial charge on any atom is -0.444 e. The summed E-state index contributed by atoms with van der Waals surface area (Å²) in [7, 11) is 0. The van der Waals surface area contributed by atoms with Crippen molar-refractivity contribution in [2.45, 2.75) is 51.0 Å². The van der Waals surface area contributed by atoms with Crippen LogP contribution in [0.1, 0.15) is 31.9 Å². The lowest BCUT2D eigenvalue weighted by molar-refractivity contribution is -0.0848. The molecule has 8 heteroatoms. The van der Waals surface area contributed by atoms with Crippen molar-refractivity contribution in [3.63, 3.8) is 0 Å². The number of carbonyl (C=O) groups excluding carboxylic acids is 1. The molecule has 2 aromatic rings. The fourth-order valence-corrected chi connectivity index (χ4v) is 2.83. The Bertz CT molecular complexity index is 826. The van der Waals surface area contributed by atoms with Crippen LogP contribution in [-0.4, -0.2) is 35.5 Å². The SMILES string of the molecule is CC(C)(C)OC(=O)N[C@H]([C@@H](O)CNCc1cccc(F)c1)C(F)(F)c1ccccc1. The molecule has 3 N–H and O–H groups in total. The van der Waals surface area contributed by atoms with E-state index in [0.29, 0.717) is 5.56 Å². The van der Waals surface area contributed by atoms with E-state index in [9.17, 15) is 14.3 Å². The molecular weight excluding hydrogens is 397 g/mol. The van der Waals surface area contributed by atoms with E-state index in [-0.39, 0.29) is 18.7 Å². The van der Waals surface area contributed by atoms with E-state index in [1.54, 1.807) is 32.9 Å². The first-order chi connectivity index (χ1) is 14.0. The molecule has 1 amide bonds. The highest BCUT2D eigenvalue weighted by molar-refractivity contribution is 5.68. The van der Waals surface area contributed by atoms with Crippen LogP contribution in [0.25, 0.3) is 0 Å². The largest absolute Gasteiger partial charge is 0.444 e. The Morgan fingerprint density at radius 2 is 1.77 bits per heavy atom. The van der Waals surface area contributed by atoms with Crippen molar-refractivity contribution in [3.05, 3.63) is 71.5 Å². The van der Waals surface area contributed by atoms with Gasteiger partial charge in [-0.2, -0.15) is 8.78 Å². The lowest BCUT2D eigenvalue weighted by atomic mass is 9.96. The molecular formula is C22H27F3N2O3. The molecule has 0 aliphatic rings. The van der Waals surface area contributed by atoms with Crippen LogP contribution in [0.5, 0.6) is 0 Å². The molecule has 0 aliphatic heterocycles. The van der Waals surface area contributed by atoms with Gasteiger partial charge in [-0.3, -0.25) is 0 Å². The molecule has 0 saturated carbocycles. The Balaban J connectivity index is 2.13. The van der Waals surface area contributed by atoms with Crippen LogP contribution in [0.15, 0.2) is 54.6 Å². The van der Waals surface area contributed by atoms with Gasteiger partial charge in [0.05, 0.1) is 6.10 Å². The zero-order valence-corrected chi connectivity index (χ0v) is 17.2. The van der Waals surface area contributed by atoms with E-state index in [0.717, 1.165) is 0 Å². The first-order valence-electron chi connectivity index (χ1n) is 9.55. The smallest absolute Gasteiger partial charge is 0.408 e. The lowest BCUT2D eigenvalue weighted by Gasteiger charge is -2.32. The molecule has 30 heavy (non-hydrogen) atoms. The normalized spacial score (nSPS) is 14.1. The summed E-state index contributed by atoms with van der Waals surface area (Å²) < 4.78 is 48.7. The van der Waals surface area contributed by atoms with Gasteiger partial charge in [-0.15, -0.1) is 0 Å². The van der Waals surface area contributed by atoms with E-state index in [1.165, 1.54) is 42.5 Å². The minimum atomic E-state index is -3.57. The van der Waals surface area contributed by atoms with E-state index in [1.807, 2.05) is 0 Å². The second-order valence-electron chi connectivity index (χ2n) is 7.94. The van der Waals surface area contributed by atoms with Crippen molar-refractivity contribution in [2.75, 3.05) is 6.54 Å². The summed E-state index contributed by atoms with van der Waals surface area (Å²) in [6, 6.07) is 10.8. The third-order valence-corrected chi connectivity index (χ3v) is 4.18. The van der Waals surface area contributed by atoms with Crippen LogP contribution < -0.4 is 10.6 Å². The fraction of sp³-hybridized carbons (Fsp3) is 0.409. The van der Waals surface area contributed by atoms with Crippen LogP contribution in [-0.2, 0) is 17.2 Å². The highest BCUT2D eigenvalue weighted by atomic mass is 19.3. The second kappa shape index (κ2) is 9.95. The van der Waals surface area contributed by atoms with Gasteiger partial charge in [-0.1, -0.05) is 42.5 Å². The highest BCUT2D eigenvalue weighted by Crippen LogP contribution is 2.33. The third-order valence-electron chi connectivity index (χ3n) is 4.18. The number of hydrogen-bond acceptors (Lipinski definition) is 4. The summed E-state index contributed by atoms with van der Waals surface area (Å²) in [5, 5.41) is 15.4. The maximum Gasteiger partial charge on any atom is 0.408 e. The number of halogens is 3. The van der Waals surface area contributed by atoms with Crippen LogP contribution in [0.2, 0.25) is 0 Å². The summed E-state index contributed by atoms with van der Waals surface area (Å²) in [4.78, 5) is 12.1. The third kappa shape index (κ3) is 7.03. The van der Waals surface area contributed by atoms with Crippen molar-refractivity contribution in [2.24, 2.45) is 0 Å². The molecule has 2 rings (SSSR count). The Kier molecular flexibility index (Phi) is 7.86. The Morgan fingerprint density at radius 3 is 2.37 bits per heavy atom. The van der Waals surface area contributed by atoms with E-state index in [4.69, 9.17) is 4.74 Å². The zero-order valence-electron chi connectivity index (χ0n) is 17.2. The lowest BCUT2D eigenvalue weighted by Crippen LogP contribution is -2.56. The van der Waals surface area contributed by atoms with E-state index >= 15 is 8.78 Å². The van der Waals surface area contributed by atoms with Gasteiger partial charge < -0.3 is 20.5 Å². The number of aliphatic hydroxyl groups is 1. The van der Waals surface area contributed by atoms with Gasteiger partial charge in [0.1, 0.15) is 17.5 Å². The standard InChI is InChI=1S/C22H27F3N2O3/c1-21(2,3)30-20(29)27-19(22(24,25)16-9-5-4-6-10-16)18(28)14-26-13-15-8-7-11-17(23)12-15/h4-12,18-19,26,28H,13-14H2,1-3H3,(H,27,29)/t18-,19+/m0/s1. The van der Waals surface area contributed by atoms with Crippen LogP contribution >= 0.6 is 0 Å². The maximum absolute atomic E-state index is 15.2. The number of carbonyl (C=O) groups is 1. The molecule has 0 radical (unpaired) electrons. The van der Waals surface area contributed by atoms with Gasteiger partial charge in [0.2, 0.25) is 0 Å². The van der Waals surface area contributed by atoms with Crippen LogP contribution in [0, 0.1) is 5.82 Å². The first kappa shape index (κ1) is 23.7. The maximum atomic E-state index is 15.2. The first-order valence-corrected chi connectivity index (χ1v) is 9.55. The zero-order chi connectivity index (χ0) is 22.4. The summed E-state index contributed by atoms with van der Waals surface area (Å²) in [5.74, 6) is -3.99. The summed E-state index contributed by atoms with van der Waals surface area (Å²) >= 11 is 0. The van der Waals surface area contributed by atoms with Gasteiger partial charge >= 0.3 is 6.09 Å². The van der Waals surface area contributed by atoms with Crippen molar-refractivity contribution >= 4 is 6.09 Å². The topological polar surface area (TPSA) is 70.6 Å². The van der Waals surface area contributed by atoms with Crippen molar-refractivity contribution in [1.82, 2.24) is 10.6 Å². The van der Waals surface area contributed by atoms with E-state index < -0.39 is 35.6 Å². The van der Waals surface area contributed by atoms with Crippen molar-refractivity contribution in [1.29, 1.82) is 0 Å². The van der Waals surface area contributed by atoms with Gasteiger partial charge in [-0.25, -0.2) is 9.18 Å². The molecule has 164 valence electrons. The van der Waals surface area contributed by atoms with Gasteiger partial charge in [0, 0.05) is 18.7 Å². The molecule has 0 saturated heterocycles. The number of benzene rings is 2. The Labute approximate surface area is 174 Å². The molecule has 0 unspecified atom stereocenters. The molecule has 5 nitrogen and oxygen atoms in total. The number of aliphatic hydroxyl groups excluding tert-OH is 1. The van der Waals surface area contributed by atoms with Gasteiger partial charge in [0.15, 0.2) is 0 Å². The van der Waals surface area contributed by atoms with Crippen molar-refractivity contribution < 1.29 is 27.8 Å². The van der Waals surface area contributed by atoms with Gasteiger partial charge in [-0.05, 0) is 38.5 Å². The number of rotatable bonds is 8. The average Bonchev–Trinajstić information content (AvgIpc) is 2.65. The minimum absolute atomic E-state index is 0.158. The molecule has 0 aliphatic carbocycles. The van der Waals surface area contributed by atoms with Crippen molar-refractivity contribution in [3.8, 4) is 0 Å². The number of nitrogens with one attached hydrogen (secondary N) is 2. The molecule has 2 aromatic carbocycles. The molecule has 2 atom stereocenters. The molecule has 0 spiro atoms. The number of ether oxygens (including phenoxy) is 1. The van der Waals surface area contributed by atoms with Crippen LogP contribution in [0.3, 0.4) is 0 Å². The summed E-state index contributed by atoms with van der Waals surface area (Å²) in [5.41, 5.74) is -0.652. The fourth-order valence-electron chi connectivity index (χ4n) is 2.83. The molecule has 0 fully saturated rings. The number of alkyl carbamates (subject to hydrolysis) is 1. The quantitative estimate of drug-likeness (QED) is 0.600. The second-order valence-corrected chi connectivity index (χ2v) is 7.94. The highest BCUT2D eigenvalue weighted by Gasteiger charge is 2.46. The van der Waals surface area contributed by atoms with Crippen LogP contribution in [0.4, 0.5) is 18.0 Å². The molecule has 0 aromatic heterocycles. The predicted molar refractivity (Wildman–Crippen MR) is 108 cm³/mol. The average molecular weight is 424 g/mol. The monoisotopic (exact) mass is 424 g/mol. The number of alkyl halides is 2. The number of hydrogen-bond donors (Lipinski definition) is 3. The predicted octanol–water partition coefficient (Wildman–Crippen LogP) is 3.96. The summed E-state index contributed by atoms with van der Waals surface area (Å²) in [6.45, 7) is 4.71. The molecule has 0 heterocycles. The van der Waals surface area contributed by atoms with Gasteiger partial charge in [0.25, 0.3) is 5.92 Å². The number of amides is 1. The summed E-state index contributed by atoms with van der Waals surface area (Å²) in [6.07, 6.45) is -2.71. The molecule has 0 bridgehead atoms.